The Balaban J connectivity index is 1.19. The van der Waals surface area contributed by atoms with Crippen molar-refractivity contribution in [2.45, 2.75) is 69.5 Å². The average Bonchev–Trinajstić information content (AvgIpc) is 3.34. The highest BCUT2D eigenvalue weighted by Crippen LogP contribution is 2.46. The Hall–Kier alpha value is -3.92. The molecule has 4 unspecified atom stereocenters. The molecule has 0 saturated carbocycles. The fourth-order valence-electron chi connectivity index (χ4n) is 7.03. The first kappa shape index (κ1) is 25.1. The molecule has 1 heterocycles. The van der Waals surface area contributed by atoms with E-state index in [1.165, 1.54) is 28.2 Å². The van der Waals surface area contributed by atoms with Gasteiger partial charge in [0.2, 0.25) is 0 Å². The molecule has 7 aliphatic rings. The van der Waals surface area contributed by atoms with Gasteiger partial charge in [-0.15, -0.1) is 0 Å². The summed E-state index contributed by atoms with van der Waals surface area (Å²) in [6, 6.07) is 0.625. The van der Waals surface area contributed by atoms with Crippen LogP contribution in [0, 0.1) is 5.92 Å². The zero-order valence-corrected chi connectivity index (χ0v) is 23.2. The highest BCUT2D eigenvalue weighted by atomic mass is 15.2. The Morgan fingerprint density at radius 3 is 2.30 bits per heavy atom. The first-order valence-corrected chi connectivity index (χ1v) is 15.1. The molecule has 0 amide bonds. The molecule has 6 aliphatic carbocycles. The van der Waals surface area contributed by atoms with Gasteiger partial charge in [0.15, 0.2) is 0 Å². The molecular formula is C36H40N4. The molecule has 0 aromatic rings. The van der Waals surface area contributed by atoms with Crippen molar-refractivity contribution in [1.29, 1.82) is 0 Å². The first-order valence-electron chi connectivity index (χ1n) is 15.1. The van der Waals surface area contributed by atoms with E-state index in [2.05, 4.69) is 113 Å². The molecule has 0 aromatic carbocycles. The Morgan fingerprint density at radius 2 is 1.48 bits per heavy atom. The minimum atomic E-state index is 0.0989. The smallest absolute Gasteiger partial charge is 0.0691 e. The van der Waals surface area contributed by atoms with Gasteiger partial charge in [-0.3, -0.25) is 0 Å². The summed E-state index contributed by atoms with van der Waals surface area (Å²) in [7, 11) is 0. The van der Waals surface area contributed by atoms with E-state index in [1.807, 2.05) is 0 Å². The van der Waals surface area contributed by atoms with E-state index >= 15 is 0 Å². The van der Waals surface area contributed by atoms with Crippen LogP contribution in [0.5, 0.6) is 0 Å². The van der Waals surface area contributed by atoms with Crippen LogP contribution in [0.4, 0.5) is 0 Å². The van der Waals surface area contributed by atoms with E-state index in [1.54, 1.807) is 5.57 Å². The Kier molecular flexibility index (Phi) is 6.85. The summed E-state index contributed by atoms with van der Waals surface area (Å²) in [5.74, 6) is 0.419. The summed E-state index contributed by atoms with van der Waals surface area (Å²) in [6.07, 6.45) is 45.6. The van der Waals surface area contributed by atoms with Gasteiger partial charge in [0.05, 0.1) is 23.8 Å². The van der Waals surface area contributed by atoms with Crippen LogP contribution in [0.25, 0.3) is 0 Å². The van der Waals surface area contributed by atoms with Crippen LogP contribution < -0.4 is 16.4 Å². The molecule has 40 heavy (non-hydrogen) atoms. The lowest BCUT2D eigenvalue weighted by atomic mass is 9.81. The highest BCUT2D eigenvalue weighted by Gasteiger charge is 2.40. The van der Waals surface area contributed by atoms with Gasteiger partial charge in [0, 0.05) is 28.7 Å². The number of nitrogens with two attached hydrogens (primary N) is 1. The van der Waals surface area contributed by atoms with E-state index in [0.29, 0.717) is 12.0 Å². The summed E-state index contributed by atoms with van der Waals surface area (Å²) >= 11 is 0. The molecule has 4 heteroatoms. The van der Waals surface area contributed by atoms with E-state index < -0.39 is 0 Å². The van der Waals surface area contributed by atoms with Crippen molar-refractivity contribution in [3.63, 3.8) is 0 Å². The maximum atomic E-state index is 6.44. The van der Waals surface area contributed by atoms with Gasteiger partial charge < -0.3 is 21.3 Å². The van der Waals surface area contributed by atoms with E-state index in [9.17, 15) is 0 Å². The van der Waals surface area contributed by atoms with Crippen molar-refractivity contribution >= 4 is 0 Å². The van der Waals surface area contributed by atoms with E-state index in [0.717, 1.165) is 62.8 Å². The van der Waals surface area contributed by atoms with Crippen molar-refractivity contribution in [2.24, 2.45) is 11.7 Å². The third kappa shape index (κ3) is 4.81. The van der Waals surface area contributed by atoms with Crippen LogP contribution in [-0.4, -0.2) is 23.0 Å². The molecule has 0 fully saturated rings. The van der Waals surface area contributed by atoms with Crippen LogP contribution >= 0.6 is 0 Å². The molecule has 1 aliphatic heterocycles. The SMILES string of the molecule is NC1=C(NC2C=C(C3=CC4C5=C(C=CCC5)N(C5=CC=CCC5)C4C=C3)C=CC2NC2=CC=CCC2)C=CCC1. The van der Waals surface area contributed by atoms with Gasteiger partial charge >= 0.3 is 0 Å². The van der Waals surface area contributed by atoms with Gasteiger partial charge in [-0.05, 0) is 92.4 Å². The van der Waals surface area contributed by atoms with E-state index in [-0.39, 0.29) is 12.1 Å². The summed E-state index contributed by atoms with van der Waals surface area (Å²) < 4.78 is 0. The van der Waals surface area contributed by atoms with Crippen molar-refractivity contribution < 1.29 is 0 Å². The fourth-order valence-corrected chi connectivity index (χ4v) is 7.03. The van der Waals surface area contributed by atoms with Gasteiger partial charge in [-0.2, -0.15) is 0 Å². The molecule has 4 N–H and O–H groups in total. The maximum absolute atomic E-state index is 6.44. The minimum absolute atomic E-state index is 0.0989. The topological polar surface area (TPSA) is 53.3 Å². The van der Waals surface area contributed by atoms with Crippen LogP contribution in [-0.2, 0) is 0 Å². The Morgan fingerprint density at radius 1 is 0.700 bits per heavy atom. The summed E-state index contributed by atoms with van der Waals surface area (Å²) in [6.45, 7) is 0. The van der Waals surface area contributed by atoms with Gasteiger partial charge in [0.25, 0.3) is 0 Å². The summed E-state index contributed by atoms with van der Waals surface area (Å²) in [5, 5.41) is 7.61. The molecular weight excluding hydrogens is 488 g/mol. The lowest BCUT2D eigenvalue weighted by Crippen LogP contribution is -2.47. The monoisotopic (exact) mass is 528 g/mol. The lowest BCUT2D eigenvalue weighted by molar-refractivity contribution is 0.358. The van der Waals surface area contributed by atoms with Crippen LogP contribution in [0.15, 0.2) is 142 Å². The number of nitrogens with zero attached hydrogens (tertiary/aromatic N) is 1. The van der Waals surface area contributed by atoms with Crippen molar-refractivity contribution in [3.8, 4) is 0 Å². The largest absolute Gasteiger partial charge is 0.400 e. The number of allylic oxidation sites excluding steroid dienone is 17. The number of hydrogen-bond donors (Lipinski definition) is 3. The maximum Gasteiger partial charge on any atom is 0.0691 e. The Bertz CT molecular complexity index is 1430. The second-order valence-electron chi connectivity index (χ2n) is 11.7. The van der Waals surface area contributed by atoms with Crippen LogP contribution in [0.3, 0.4) is 0 Å². The zero-order chi connectivity index (χ0) is 26.9. The van der Waals surface area contributed by atoms with Gasteiger partial charge in [-0.25, -0.2) is 0 Å². The number of fused-ring (bicyclic) bond motifs is 2. The summed E-state index contributed by atoms with van der Waals surface area (Å²) in [5.41, 5.74) is 16.8. The predicted molar refractivity (Wildman–Crippen MR) is 165 cm³/mol. The second kappa shape index (κ2) is 10.9. The fraction of sp³-hybridized carbons (Fsp3) is 0.333. The van der Waals surface area contributed by atoms with Gasteiger partial charge in [-0.1, -0.05) is 72.9 Å². The van der Waals surface area contributed by atoms with Crippen LogP contribution in [0.1, 0.15) is 51.4 Å². The van der Waals surface area contributed by atoms with E-state index in [4.69, 9.17) is 5.73 Å². The molecule has 0 aromatic heterocycles. The standard InChI is InChI=1S/C36H40N4/c37-31-16-8-9-17-32(31)39-34-24-26(19-21-33(34)38-27-11-3-1-4-12-27)25-20-22-36-30(23-25)29-15-7-10-18-35(29)40(36)28-13-5-2-6-14-28/h1-3,5,9-11,13,17-24,30,33-34,36,38-39H,4,6-8,12,14-16,37H2. The van der Waals surface area contributed by atoms with Crippen molar-refractivity contribution in [1.82, 2.24) is 15.5 Å². The quantitative estimate of drug-likeness (QED) is 0.355. The highest BCUT2D eigenvalue weighted by molar-refractivity contribution is 5.56. The first-order chi connectivity index (χ1) is 19.7. The second-order valence-corrected chi connectivity index (χ2v) is 11.7. The molecule has 0 saturated heterocycles. The number of nitrogens with one attached hydrogen (secondary N) is 2. The molecule has 0 radical (unpaired) electrons. The minimum Gasteiger partial charge on any atom is -0.400 e. The zero-order valence-electron chi connectivity index (χ0n) is 23.2. The predicted octanol–water partition coefficient (Wildman–Crippen LogP) is 6.79. The van der Waals surface area contributed by atoms with Gasteiger partial charge in [0.1, 0.15) is 0 Å². The lowest BCUT2D eigenvalue weighted by Gasteiger charge is -2.34. The molecule has 204 valence electrons. The Labute approximate surface area is 238 Å². The molecule has 7 rings (SSSR count). The van der Waals surface area contributed by atoms with Crippen LogP contribution in [0.2, 0.25) is 0 Å². The molecule has 0 bridgehead atoms. The van der Waals surface area contributed by atoms with Crippen molar-refractivity contribution in [3.05, 3.63) is 142 Å². The number of rotatable bonds is 6. The molecule has 0 spiro atoms. The summed E-state index contributed by atoms with van der Waals surface area (Å²) in [4.78, 5) is 2.62. The average molecular weight is 529 g/mol. The normalized spacial score (nSPS) is 30.6. The molecule has 4 nitrogen and oxygen atoms in total. The molecule has 4 atom stereocenters. The number of hydrogen-bond acceptors (Lipinski definition) is 4. The van der Waals surface area contributed by atoms with Crippen molar-refractivity contribution in [2.75, 3.05) is 0 Å². The third-order valence-electron chi connectivity index (χ3n) is 9.11. The third-order valence-corrected chi connectivity index (χ3v) is 9.11.